The lowest BCUT2D eigenvalue weighted by molar-refractivity contribution is 0.0167. The number of nitrogen functional groups attached to an aromatic ring is 1. The molecule has 2 aromatic heterocycles. The monoisotopic (exact) mass is 404 g/mol. The maximum atomic E-state index is 13.2. The van der Waals surface area contributed by atoms with E-state index in [-0.39, 0.29) is 11.6 Å². The first-order chi connectivity index (χ1) is 14.6. The molecule has 3 heterocycles. The fourth-order valence-electron chi connectivity index (χ4n) is 4.10. The molecule has 30 heavy (non-hydrogen) atoms. The Bertz CT molecular complexity index is 1270. The minimum Gasteiger partial charge on any atom is -0.379 e. The number of imidazole rings is 1. The van der Waals surface area contributed by atoms with Crippen LogP contribution in [0.25, 0.3) is 33.1 Å². The van der Waals surface area contributed by atoms with Crippen LogP contribution in [-0.4, -0.2) is 56.8 Å². The summed E-state index contributed by atoms with van der Waals surface area (Å²) < 4.78 is 7.14. The molecule has 0 radical (unpaired) electrons. The molecule has 1 aliphatic rings. The van der Waals surface area contributed by atoms with Gasteiger partial charge < -0.3 is 15.5 Å². The predicted molar refractivity (Wildman–Crippen MR) is 117 cm³/mol. The normalized spacial score (nSPS) is 16.3. The van der Waals surface area contributed by atoms with Crippen molar-refractivity contribution in [3.8, 4) is 11.1 Å². The van der Waals surface area contributed by atoms with Gasteiger partial charge in [0.25, 0.3) is 5.56 Å². The first-order valence-electron chi connectivity index (χ1n) is 10.1. The number of benzene rings is 2. The lowest BCUT2D eigenvalue weighted by Gasteiger charge is -2.32. The van der Waals surface area contributed by atoms with Gasteiger partial charge in [0, 0.05) is 25.7 Å². The third-order valence-corrected chi connectivity index (χ3v) is 5.79. The van der Waals surface area contributed by atoms with Gasteiger partial charge in [-0.2, -0.15) is 0 Å². The van der Waals surface area contributed by atoms with Crippen molar-refractivity contribution < 1.29 is 4.74 Å². The number of aromatic nitrogens is 4. The quantitative estimate of drug-likeness (QED) is 0.541. The van der Waals surface area contributed by atoms with E-state index in [1.54, 1.807) is 10.9 Å². The highest BCUT2D eigenvalue weighted by Crippen LogP contribution is 2.25. The van der Waals surface area contributed by atoms with E-state index in [9.17, 15) is 4.79 Å². The number of hydrogen-bond donors (Lipinski definition) is 2. The molecule has 0 amide bonds. The molecular weight excluding hydrogens is 380 g/mol. The number of morpholine rings is 1. The number of H-pyrrole nitrogens is 1. The topological polar surface area (TPSA) is 102 Å². The van der Waals surface area contributed by atoms with E-state index < -0.39 is 0 Å². The summed E-state index contributed by atoms with van der Waals surface area (Å²) in [5.74, 6) is 0.391. The molecule has 8 heteroatoms. The Morgan fingerprint density at radius 2 is 1.87 bits per heavy atom. The molecule has 0 bridgehead atoms. The van der Waals surface area contributed by atoms with E-state index in [2.05, 4.69) is 26.8 Å². The summed E-state index contributed by atoms with van der Waals surface area (Å²) in [4.78, 5) is 27.3. The summed E-state index contributed by atoms with van der Waals surface area (Å²) in [6.45, 7) is 6.01. The molecule has 1 atom stereocenters. The third kappa shape index (κ3) is 3.44. The zero-order valence-corrected chi connectivity index (χ0v) is 16.8. The predicted octanol–water partition coefficient (Wildman–Crippen LogP) is 2.24. The second-order valence-corrected chi connectivity index (χ2v) is 7.79. The van der Waals surface area contributed by atoms with Crippen molar-refractivity contribution in [2.75, 3.05) is 32.0 Å². The number of fused-ring (bicyclic) bond motifs is 2. The highest BCUT2D eigenvalue weighted by atomic mass is 16.5. The summed E-state index contributed by atoms with van der Waals surface area (Å²) in [6, 6.07) is 11.9. The highest BCUT2D eigenvalue weighted by molar-refractivity contribution is 5.87. The standard InChI is InChI=1S/C22H24N6O2/c1-14(27-6-8-30-9-7-27)12-28-13-24-18-4-2-15(10-17(18)21(28)29)16-3-5-19-20(11-16)26-22(23)25-19/h2-5,10-11,13-14H,6-9,12H2,1H3,(H3,23,25,26). The minimum absolute atomic E-state index is 0.0196. The van der Waals surface area contributed by atoms with Crippen molar-refractivity contribution >= 4 is 27.9 Å². The van der Waals surface area contributed by atoms with Crippen LogP contribution in [0.1, 0.15) is 6.92 Å². The van der Waals surface area contributed by atoms with Crippen molar-refractivity contribution in [3.05, 3.63) is 53.1 Å². The van der Waals surface area contributed by atoms with Gasteiger partial charge in [-0.3, -0.25) is 14.3 Å². The number of nitrogens with zero attached hydrogens (tertiary/aromatic N) is 4. The summed E-state index contributed by atoms with van der Waals surface area (Å²) in [7, 11) is 0. The van der Waals surface area contributed by atoms with Gasteiger partial charge in [0.15, 0.2) is 5.95 Å². The van der Waals surface area contributed by atoms with Crippen LogP contribution in [0, 0.1) is 0 Å². The van der Waals surface area contributed by atoms with Crippen molar-refractivity contribution in [2.45, 2.75) is 19.5 Å². The summed E-state index contributed by atoms with van der Waals surface area (Å²) >= 11 is 0. The van der Waals surface area contributed by atoms with Gasteiger partial charge in [-0.1, -0.05) is 12.1 Å². The zero-order valence-electron chi connectivity index (χ0n) is 16.8. The number of hydrogen-bond acceptors (Lipinski definition) is 6. The number of nitrogens with two attached hydrogens (primary N) is 1. The highest BCUT2D eigenvalue weighted by Gasteiger charge is 2.18. The van der Waals surface area contributed by atoms with Crippen molar-refractivity contribution in [2.24, 2.45) is 0 Å². The number of rotatable bonds is 4. The van der Waals surface area contributed by atoms with E-state index in [4.69, 9.17) is 10.5 Å². The maximum Gasteiger partial charge on any atom is 0.261 e. The van der Waals surface area contributed by atoms with Crippen LogP contribution >= 0.6 is 0 Å². The average molecular weight is 404 g/mol. The van der Waals surface area contributed by atoms with Gasteiger partial charge in [-0.05, 0) is 42.3 Å². The van der Waals surface area contributed by atoms with Crippen LogP contribution in [0.4, 0.5) is 5.95 Å². The van der Waals surface area contributed by atoms with E-state index in [0.29, 0.717) is 23.4 Å². The van der Waals surface area contributed by atoms with Crippen LogP contribution in [0.3, 0.4) is 0 Å². The molecule has 1 aliphatic heterocycles. The Kier molecular flexibility index (Phi) is 4.72. The molecule has 3 N–H and O–H groups in total. The Balaban J connectivity index is 1.49. The molecule has 154 valence electrons. The van der Waals surface area contributed by atoms with Crippen LogP contribution in [-0.2, 0) is 11.3 Å². The first-order valence-corrected chi connectivity index (χ1v) is 10.1. The fraction of sp³-hybridized carbons (Fsp3) is 0.318. The first kappa shape index (κ1) is 18.8. The van der Waals surface area contributed by atoms with E-state index in [1.165, 1.54) is 0 Å². The molecule has 1 fully saturated rings. The number of ether oxygens (including phenoxy) is 1. The van der Waals surface area contributed by atoms with Gasteiger partial charge in [0.1, 0.15) is 0 Å². The second kappa shape index (κ2) is 7.55. The molecule has 0 spiro atoms. The zero-order chi connectivity index (χ0) is 20.7. The number of anilines is 1. The van der Waals surface area contributed by atoms with Crippen LogP contribution in [0.2, 0.25) is 0 Å². The molecule has 8 nitrogen and oxygen atoms in total. The van der Waals surface area contributed by atoms with Crippen molar-refractivity contribution in [3.63, 3.8) is 0 Å². The molecule has 2 aromatic carbocycles. The SMILES string of the molecule is CC(Cn1cnc2ccc(-c3ccc4nc(N)[nH]c4c3)cc2c1=O)N1CCOCC1. The van der Waals surface area contributed by atoms with Gasteiger partial charge in [-0.15, -0.1) is 0 Å². The Labute approximate surface area is 173 Å². The van der Waals surface area contributed by atoms with Crippen LogP contribution in [0.15, 0.2) is 47.5 Å². The molecular formula is C22H24N6O2. The second-order valence-electron chi connectivity index (χ2n) is 7.79. The maximum absolute atomic E-state index is 13.2. The van der Waals surface area contributed by atoms with E-state index in [1.807, 2.05) is 36.4 Å². The van der Waals surface area contributed by atoms with Crippen molar-refractivity contribution in [1.29, 1.82) is 0 Å². The van der Waals surface area contributed by atoms with Gasteiger partial charge in [0.05, 0.1) is 41.5 Å². The van der Waals surface area contributed by atoms with Gasteiger partial charge in [0.2, 0.25) is 0 Å². The summed E-state index contributed by atoms with van der Waals surface area (Å²) in [5.41, 5.74) is 10.1. The Morgan fingerprint density at radius 3 is 2.67 bits per heavy atom. The Morgan fingerprint density at radius 1 is 1.13 bits per heavy atom. The van der Waals surface area contributed by atoms with Gasteiger partial charge in [-0.25, -0.2) is 9.97 Å². The lowest BCUT2D eigenvalue weighted by atomic mass is 10.0. The molecule has 1 saturated heterocycles. The molecule has 0 saturated carbocycles. The molecule has 1 unspecified atom stereocenters. The van der Waals surface area contributed by atoms with Crippen LogP contribution < -0.4 is 11.3 Å². The molecule has 5 rings (SSSR count). The van der Waals surface area contributed by atoms with E-state index >= 15 is 0 Å². The summed E-state index contributed by atoms with van der Waals surface area (Å²) in [5, 5.41) is 0.619. The van der Waals surface area contributed by atoms with Crippen molar-refractivity contribution in [1.82, 2.24) is 24.4 Å². The third-order valence-electron chi connectivity index (χ3n) is 5.79. The van der Waals surface area contributed by atoms with E-state index in [0.717, 1.165) is 48.5 Å². The molecule has 0 aliphatic carbocycles. The minimum atomic E-state index is -0.0196. The van der Waals surface area contributed by atoms with Crippen LogP contribution in [0.5, 0.6) is 0 Å². The number of nitrogens with one attached hydrogen (secondary N) is 1. The summed E-state index contributed by atoms with van der Waals surface area (Å²) in [6.07, 6.45) is 1.65. The number of aromatic amines is 1. The fourth-order valence-corrected chi connectivity index (χ4v) is 4.10. The average Bonchev–Trinajstić information content (AvgIpc) is 3.15. The smallest absolute Gasteiger partial charge is 0.261 e. The lowest BCUT2D eigenvalue weighted by Crippen LogP contribution is -2.45. The molecule has 4 aromatic rings. The largest absolute Gasteiger partial charge is 0.379 e. The Hall–Kier alpha value is -3.23. The van der Waals surface area contributed by atoms with Gasteiger partial charge >= 0.3 is 0 Å².